The van der Waals surface area contributed by atoms with Crippen LogP contribution < -0.4 is 10.1 Å². The van der Waals surface area contributed by atoms with E-state index < -0.39 is 0 Å². The molecule has 0 atom stereocenters. The van der Waals surface area contributed by atoms with Gasteiger partial charge < -0.3 is 14.8 Å². The second-order valence-electron chi connectivity index (χ2n) is 4.50. The molecule has 1 fully saturated rings. The topological polar surface area (TPSA) is 56.3 Å². The molecule has 0 spiro atoms. The van der Waals surface area contributed by atoms with Crippen LogP contribution in [0.5, 0.6) is 5.88 Å². The van der Waals surface area contributed by atoms with E-state index in [1.165, 1.54) is 25.7 Å². The van der Waals surface area contributed by atoms with E-state index in [1.807, 2.05) is 13.0 Å². The van der Waals surface area contributed by atoms with Gasteiger partial charge in [-0.05, 0) is 19.8 Å². The van der Waals surface area contributed by atoms with Gasteiger partial charge in [-0.1, -0.05) is 12.8 Å². The molecule has 5 nitrogen and oxygen atoms in total. The van der Waals surface area contributed by atoms with E-state index in [2.05, 4.69) is 15.3 Å². The predicted molar refractivity (Wildman–Crippen MR) is 69.8 cm³/mol. The van der Waals surface area contributed by atoms with Crippen LogP contribution in [0.25, 0.3) is 0 Å². The van der Waals surface area contributed by atoms with E-state index in [0.717, 1.165) is 5.82 Å². The summed E-state index contributed by atoms with van der Waals surface area (Å²) in [5.74, 6) is 2.11. The Morgan fingerprint density at radius 2 is 2.11 bits per heavy atom. The fraction of sp³-hybridized carbons (Fsp3) is 0.692. The molecule has 0 radical (unpaired) electrons. The van der Waals surface area contributed by atoms with Gasteiger partial charge in [0.2, 0.25) is 5.88 Å². The van der Waals surface area contributed by atoms with Crippen molar-refractivity contribution in [2.45, 2.75) is 45.3 Å². The van der Waals surface area contributed by atoms with Gasteiger partial charge in [0.25, 0.3) is 0 Å². The van der Waals surface area contributed by atoms with Gasteiger partial charge in [0.05, 0.1) is 6.61 Å². The van der Waals surface area contributed by atoms with Gasteiger partial charge in [-0.25, -0.2) is 4.98 Å². The molecule has 0 bridgehead atoms. The first-order chi connectivity index (χ1) is 8.81. The number of anilines is 1. The minimum Gasteiger partial charge on any atom is -0.478 e. The molecule has 1 N–H and O–H groups in total. The van der Waals surface area contributed by atoms with Crippen LogP contribution in [0.2, 0.25) is 0 Å². The van der Waals surface area contributed by atoms with E-state index in [0.29, 0.717) is 31.0 Å². The van der Waals surface area contributed by atoms with Crippen molar-refractivity contribution in [3.8, 4) is 5.88 Å². The highest BCUT2D eigenvalue weighted by Gasteiger charge is 2.16. The van der Waals surface area contributed by atoms with Crippen LogP contribution in [-0.4, -0.2) is 29.7 Å². The summed E-state index contributed by atoms with van der Waals surface area (Å²) in [4.78, 5) is 8.73. The SMILES string of the molecule is CCOc1cc(NC2CCCC2)nc(COC)n1. The van der Waals surface area contributed by atoms with Crippen molar-refractivity contribution in [1.82, 2.24) is 9.97 Å². The third kappa shape index (κ3) is 3.57. The molecule has 0 amide bonds. The maximum absolute atomic E-state index is 5.45. The highest BCUT2D eigenvalue weighted by Crippen LogP contribution is 2.23. The normalized spacial score (nSPS) is 15.9. The molecule has 1 saturated carbocycles. The van der Waals surface area contributed by atoms with Crippen molar-refractivity contribution in [1.29, 1.82) is 0 Å². The van der Waals surface area contributed by atoms with Gasteiger partial charge >= 0.3 is 0 Å². The van der Waals surface area contributed by atoms with Gasteiger partial charge in [-0.2, -0.15) is 4.98 Å². The van der Waals surface area contributed by atoms with Gasteiger partial charge in [0.15, 0.2) is 5.82 Å². The lowest BCUT2D eigenvalue weighted by Crippen LogP contribution is -2.16. The molecule has 0 unspecified atom stereocenters. The third-order valence-corrected chi connectivity index (χ3v) is 3.02. The number of hydrogen-bond donors (Lipinski definition) is 1. The molecule has 1 aliphatic rings. The first-order valence-electron chi connectivity index (χ1n) is 6.58. The van der Waals surface area contributed by atoms with Crippen LogP contribution in [0.3, 0.4) is 0 Å². The fourth-order valence-corrected chi connectivity index (χ4v) is 2.24. The van der Waals surface area contributed by atoms with E-state index in [9.17, 15) is 0 Å². The summed E-state index contributed by atoms with van der Waals surface area (Å²) in [6.07, 6.45) is 5.03. The van der Waals surface area contributed by atoms with E-state index in [1.54, 1.807) is 7.11 Å². The van der Waals surface area contributed by atoms with Crippen LogP contribution in [-0.2, 0) is 11.3 Å². The molecule has 0 saturated heterocycles. The van der Waals surface area contributed by atoms with Crippen molar-refractivity contribution in [2.75, 3.05) is 19.0 Å². The van der Waals surface area contributed by atoms with Gasteiger partial charge in [-0.15, -0.1) is 0 Å². The molecule has 2 rings (SSSR count). The molecule has 1 heterocycles. The molecule has 0 aromatic carbocycles. The van der Waals surface area contributed by atoms with Crippen molar-refractivity contribution in [3.63, 3.8) is 0 Å². The van der Waals surface area contributed by atoms with Crippen LogP contribution in [0, 0.1) is 0 Å². The number of rotatable bonds is 6. The van der Waals surface area contributed by atoms with E-state index >= 15 is 0 Å². The molecule has 1 aromatic heterocycles. The first-order valence-corrected chi connectivity index (χ1v) is 6.58. The average Bonchev–Trinajstić information content (AvgIpc) is 2.82. The number of ether oxygens (including phenoxy) is 2. The second kappa shape index (κ2) is 6.54. The Labute approximate surface area is 108 Å². The zero-order valence-electron chi connectivity index (χ0n) is 11.1. The number of aromatic nitrogens is 2. The van der Waals surface area contributed by atoms with Crippen molar-refractivity contribution < 1.29 is 9.47 Å². The number of methoxy groups -OCH3 is 1. The fourth-order valence-electron chi connectivity index (χ4n) is 2.24. The summed E-state index contributed by atoms with van der Waals surface area (Å²) >= 11 is 0. The average molecular weight is 251 g/mol. The zero-order valence-corrected chi connectivity index (χ0v) is 11.1. The molecule has 100 valence electrons. The molecule has 1 aromatic rings. The van der Waals surface area contributed by atoms with Crippen molar-refractivity contribution >= 4 is 5.82 Å². The number of nitrogens with one attached hydrogen (secondary N) is 1. The summed E-state index contributed by atoms with van der Waals surface area (Å²) in [6.45, 7) is 2.95. The van der Waals surface area contributed by atoms with Crippen LogP contribution in [0.15, 0.2) is 6.07 Å². The summed E-state index contributed by atoms with van der Waals surface area (Å²) < 4.78 is 10.5. The zero-order chi connectivity index (χ0) is 12.8. The summed E-state index contributed by atoms with van der Waals surface area (Å²) in [6, 6.07) is 2.39. The highest BCUT2D eigenvalue weighted by molar-refractivity contribution is 5.39. The molecular formula is C13H21N3O2. The maximum atomic E-state index is 5.45. The predicted octanol–water partition coefficient (Wildman–Crippen LogP) is 2.38. The van der Waals surface area contributed by atoms with Crippen LogP contribution in [0.4, 0.5) is 5.82 Å². The number of nitrogens with zero attached hydrogens (tertiary/aromatic N) is 2. The molecule has 5 heteroatoms. The molecule has 1 aliphatic carbocycles. The third-order valence-electron chi connectivity index (χ3n) is 3.02. The lowest BCUT2D eigenvalue weighted by molar-refractivity contribution is 0.176. The maximum Gasteiger partial charge on any atom is 0.218 e. The van der Waals surface area contributed by atoms with Crippen LogP contribution in [0.1, 0.15) is 38.4 Å². The Morgan fingerprint density at radius 1 is 1.33 bits per heavy atom. The largest absolute Gasteiger partial charge is 0.478 e. The van der Waals surface area contributed by atoms with Gasteiger partial charge in [-0.3, -0.25) is 0 Å². The lowest BCUT2D eigenvalue weighted by Gasteiger charge is -2.14. The summed E-state index contributed by atoms with van der Waals surface area (Å²) in [5.41, 5.74) is 0. The Morgan fingerprint density at radius 3 is 2.78 bits per heavy atom. The minimum absolute atomic E-state index is 0.403. The highest BCUT2D eigenvalue weighted by atomic mass is 16.5. The molecule has 18 heavy (non-hydrogen) atoms. The van der Waals surface area contributed by atoms with Crippen LogP contribution >= 0.6 is 0 Å². The van der Waals surface area contributed by atoms with Crippen molar-refractivity contribution in [2.24, 2.45) is 0 Å². The van der Waals surface area contributed by atoms with E-state index in [-0.39, 0.29) is 0 Å². The monoisotopic (exact) mass is 251 g/mol. The summed E-state index contributed by atoms with van der Waals surface area (Å²) in [7, 11) is 1.64. The molecule has 0 aliphatic heterocycles. The second-order valence-corrected chi connectivity index (χ2v) is 4.50. The summed E-state index contributed by atoms with van der Waals surface area (Å²) in [5, 5.41) is 3.45. The Kier molecular flexibility index (Phi) is 4.75. The Bertz CT molecular complexity index is 354. The number of hydrogen-bond acceptors (Lipinski definition) is 5. The van der Waals surface area contributed by atoms with Crippen molar-refractivity contribution in [3.05, 3.63) is 11.9 Å². The van der Waals surface area contributed by atoms with E-state index in [4.69, 9.17) is 9.47 Å². The molecular weight excluding hydrogens is 230 g/mol. The first kappa shape index (κ1) is 13.1. The Hall–Kier alpha value is -1.36. The quantitative estimate of drug-likeness (QED) is 0.841. The standard InChI is InChI=1S/C13H21N3O2/c1-3-18-13-8-11(14-10-6-4-5-7-10)15-12(16-13)9-17-2/h8,10H,3-7,9H2,1-2H3,(H,14,15,16). The van der Waals surface area contributed by atoms with Gasteiger partial charge in [0, 0.05) is 19.2 Å². The van der Waals surface area contributed by atoms with Gasteiger partial charge in [0.1, 0.15) is 12.4 Å². The lowest BCUT2D eigenvalue weighted by atomic mass is 10.2. The Balaban J connectivity index is 2.10. The minimum atomic E-state index is 0.403. The smallest absolute Gasteiger partial charge is 0.218 e.